The van der Waals surface area contributed by atoms with Crippen LogP contribution in [0.1, 0.15) is 10.4 Å². The van der Waals surface area contributed by atoms with Crippen LogP contribution in [0.3, 0.4) is 0 Å². The molecule has 0 aliphatic carbocycles. The molecule has 3 aromatic carbocycles. The summed E-state index contributed by atoms with van der Waals surface area (Å²) in [5.41, 5.74) is 0.383. The maximum Gasteiger partial charge on any atom is 0.385 e. The third-order valence-corrected chi connectivity index (χ3v) is 3.50. The van der Waals surface area contributed by atoms with Crippen molar-refractivity contribution >= 4 is 33.3 Å². The summed E-state index contributed by atoms with van der Waals surface area (Å²) in [6, 6.07) is 15.4. The molecule has 3 heteroatoms. The van der Waals surface area contributed by atoms with Gasteiger partial charge in [0.05, 0.1) is 5.56 Å². The van der Waals surface area contributed by atoms with E-state index >= 15 is 0 Å². The number of hydrogen-bond donors (Lipinski definition) is 0. The van der Waals surface area contributed by atoms with Gasteiger partial charge in [-0.15, -0.1) is 0 Å². The summed E-state index contributed by atoms with van der Waals surface area (Å²) in [7, 11) is 0. The summed E-state index contributed by atoms with van der Waals surface area (Å²) in [6.07, 6.45) is 0. The Kier molecular flexibility index (Phi) is 1.85. The van der Waals surface area contributed by atoms with Crippen LogP contribution < -0.4 is 4.74 Å². The van der Waals surface area contributed by atoms with Gasteiger partial charge in [-0.1, -0.05) is 36.4 Å². The molecule has 1 aliphatic rings. The highest BCUT2D eigenvalue weighted by molar-refractivity contribution is 6.47. The van der Waals surface area contributed by atoms with Crippen LogP contribution in [0.25, 0.3) is 21.5 Å². The molecule has 1 aliphatic heterocycles. The Bertz CT molecular complexity index is 878. The zero-order valence-electron chi connectivity index (χ0n) is 9.84. The van der Waals surface area contributed by atoms with E-state index in [0.29, 0.717) is 11.3 Å². The van der Waals surface area contributed by atoms with Crippen molar-refractivity contribution < 1.29 is 14.3 Å². The Morgan fingerprint density at radius 3 is 2.42 bits per heavy atom. The second kappa shape index (κ2) is 3.42. The van der Waals surface area contributed by atoms with Crippen LogP contribution in [0.15, 0.2) is 48.5 Å². The highest BCUT2D eigenvalue weighted by Gasteiger charge is 2.32. The van der Waals surface area contributed by atoms with Crippen molar-refractivity contribution in [2.75, 3.05) is 0 Å². The first-order valence-corrected chi connectivity index (χ1v) is 5.97. The lowest BCUT2D eigenvalue weighted by molar-refractivity contribution is -0.128. The van der Waals surface area contributed by atoms with Crippen LogP contribution in [0.4, 0.5) is 0 Å². The molecule has 3 nitrogen and oxygen atoms in total. The lowest BCUT2D eigenvalue weighted by atomic mass is 9.97. The zero-order valence-corrected chi connectivity index (χ0v) is 9.84. The van der Waals surface area contributed by atoms with Crippen molar-refractivity contribution in [2.45, 2.75) is 0 Å². The number of Topliss-reactive ketones (excluding diaryl/α,β-unsaturated/α-hetero) is 1. The molecule has 0 saturated heterocycles. The van der Waals surface area contributed by atoms with E-state index in [1.807, 2.05) is 42.5 Å². The Morgan fingerprint density at radius 2 is 1.53 bits per heavy atom. The first kappa shape index (κ1) is 10.3. The quantitative estimate of drug-likeness (QED) is 0.266. The highest BCUT2D eigenvalue weighted by atomic mass is 16.5. The van der Waals surface area contributed by atoms with E-state index in [9.17, 15) is 9.59 Å². The van der Waals surface area contributed by atoms with Crippen LogP contribution in [0.2, 0.25) is 0 Å². The normalized spacial score (nSPS) is 13.9. The van der Waals surface area contributed by atoms with Gasteiger partial charge in [0.2, 0.25) is 0 Å². The van der Waals surface area contributed by atoms with Gasteiger partial charge in [0, 0.05) is 0 Å². The smallest absolute Gasteiger partial charge is 0.385 e. The minimum atomic E-state index is -0.796. The van der Waals surface area contributed by atoms with Crippen LogP contribution in [0.5, 0.6) is 5.75 Å². The monoisotopic (exact) mass is 248 g/mol. The maximum atomic E-state index is 11.9. The first-order chi connectivity index (χ1) is 9.25. The molecule has 0 N–H and O–H groups in total. The van der Waals surface area contributed by atoms with E-state index in [1.165, 1.54) is 0 Å². The maximum absolute atomic E-state index is 11.9. The Hall–Kier alpha value is -2.68. The molecular formula is C16H8O3. The lowest BCUT2D eigenvalue weighted by Gasteiger charge is -2.06. The number of esters is 1. The van der Waals surface area contributed by atoms with Gasteiger partial charge in [0.25, 0.3) is 5.78 Å². The lowest BCUT2D eigenvalue weighted by Crippen LogP contribution is -2.10. The molecule has 1 heterocycles. The van der Waals surface area contributed by atoms with Gasteiger partial charge in [-0.3, -0.25) is 4.79 Å². The zero-order chi connectivity index (χ0) is 13.0. The van der Waals surface area contributed by atoms with E-state index in [-0.39, 0.29) is 0 Å². The fourth-order valence-corrected chi connectivity index (χ4v) is 2.64. The first-order valence-electron chi connectivity index (χ1n) is 5.97. The Morgan fingerprint density at radius 1 is 0.737 bits per heavy atom. The van der Waals surface area contributed by atoms with E-state index in [0.717, 1.165) is 21.5 Å². The molecule has 0 bridgehead atoms. The number of ether oxygens (including phenoxy) is 1. The largest absolute Gasteiger partial charge is 0.420 e. The molecule has 0 unspecified atom stereocenters. The second-order valence-corrected chi connectivity index (χ2v) is 4.54. The summed E-state index contributed by atoms with van der Waals surface area (Å²) in [5, 5.41) is 3.90. The average molecular weight is 248 g/mol. The number of ketones is 1. The highest BCUT2D eigenvalue weighted by Crippen LogP contribution is 2.36. The van der Waals surface area contributed by atoms with Crippen LogP contribution in [-0.4, -0.2) is 11.8 Å². The van der Waals surface area contributed by atoms with Gasteiger partial charge in [0.1, 0.15) is 5.75 Å². The molecule has 0 fully saturated rings. The fraction of sp³-hybridized carbons (Fsp3) is 0. The average Bonchev–Trinajstić information content (AvgIpc) is 2.74. The molecule has 90 valence electrons. The van der Waals surface area contributed by atoms with Gasteiger partial charge in [-0.05, 0) is 33.7 Å². The van der Waals surface area contributed by atoms with Gasteiger partial charge in [-0.2, -0.15) is 0 Å². The van der Waals surface area contributed by atoms with E-state index in [1.54, 1.807) is 6.07 Å². The van der Waals surface area contributed by atoms with Gasteiger partial charge >= 0.3 is 5.97 Å². The molecular weight excluding hydrogens is 240 g/mol. The van der Waals surface area contributed by atoms with E-state index < -0.39 is 11.8 Å². The Balaban J connectivity index is 2.21. The minimum Gasteiger partial charge on any atom is -0.420 e. The number of hydrogen-bond acceptors (Lipinski definition) is 3. The van der Waals surface area contributed by atoms with Crippen molar-refractivity contribution in [1.82, 2.24) is 0 Å². The number of fused-ring (bicyclic) bond motifs is 5. The third-order valence-electron chi connectivity index (χ3n) is 3.50. The van der Waals surface area contributed by atoms with Crippen molar-refractivity contribution in [3.05, 3.63) is 54.1 Å². The number of carbonyl (C=O) groups is 2. The van der Waals surface area contributed by atoms with Crippen molar-refractivity contribution in [2.24, 2.45) is 0 Å². The molecule has 0 radical (unpaired) electrons. The molecule has 19 heavy (non-hydrogen) atoms. The van der Waals surface area contributed by atoms with Crippen LogP contribution >= 0.6 is 0 Å². The number of benzene rings is 3. The summed E-state index contributed by atoms with van der Waals surface area (Å²) in [4.78, 5) is 23.2. The van der Waals surface area contributed by atoms with Crippen molar-refractivity contribution in [3.8, 4) is 5.75 Å². The van der Waals surface area contributed by atoms with Crippen molar-refractivity contribution in [1.29, 1.82) is 0 Å². The molecule has 0 aromatic heterocycles. The van der Waals surface area contributed by atoms with Crippen LogP contribution in [0, 0.1) is 0 Å². The summed E-state index contributed by atoms with van der Waals surface area (Å²) in [5.74, 6) is -0.996. The van der Waals surface area contributed by atoms with Gasteiger partial charge in [-0.25, -0.2) is 4.79 Å². The third kappa shape index (κ3) is 1.27. The van der Waals surface area contributed by atoms with Gasteiger partial charge in [0.15, 0.2) is 0 Å². The molecule has 0 atom stereocenters. The molecule has 0 spiro atoms. The Labute approximate surface area is 108 Å². The number of rotatable bonds is 0. The molecule has 0 saturated carbocycles. The van der Waals surface area contributed by atoms with Crippen molar-refractivity contribution in [3.63, 3.8) is 0 Å². The predicted molar refractivity (Wildman–Crippen MR) is 71.4 cm³/mol. The summed E-state index contributed by atoms with van der Waals surface area (Å²) in [6.45, 7) is 0. The topological polar surface area (TPSA) is 43.4 Å². The minimum absolute atomic E-state index is 0.359. The summed E-state index contributed by atoms with van der Waals surface area (Å²) < 4.78 is 4.95. The van der Waals surface area contributed by atoms with Gasteiger partial charge < -0.3 is 4.74 Å². The standard InChI is InChI=1S/C16H8O3/c17-15-14-12-6-5-9-3-1-2-4-10(9)11(12)7-8-13(14)19-16(15)18/h1-8H. The SMILES string of the molecule is O=C1Oc2ccc3c(ccc4ccccc43)c2C1=O. The predicted octanol–water partition coefficient (Wildman–Crippen LogP) is 3.09. The summed E-state index contributed by atoms with van der Waals surface area (Å²) >= 11 is 0. The molecule has 3 aromatic rings. The van der Waals surface area contributed by atoms with Crippen LogP contribution in [-0.2, 0) is 4.79 Å². The van der Waals surface area contributed by atoms with E-state index in [4.69, 9.17) is 4.74 Å². The molecule has 4 rings (SSSR count). The molecule has 0 amide bonds. The second-order valence-electron chi connectivity index (χ2n) is 4.54. The fourth-order valence-electron chi connectivity index (χ4n) is 2.64. The van der Waals surface area contributed by atoms with E-state index in [2.05, 4.69) is 0 Å². The number of carbonyl (C=O) groups excluding carboxylic acids is 2.